The van der Waals surface area contributed by atoms with Gasteiger partial charge in [0.2, 0.25) is 0 Å². The number of rotatable bonds is 10. The molecule has 1 nitrogen and oxygen atoms in total. The number of unbranched alkanes of at least 4 members (excludes halogenated alkanes) is 5. The molecule has 0 N–H and O–H groups in total. The van der Waals surface area contributed by atoms with Crippen LogP contribution in [0.4, 0.5) is 0 Å². The normalized spacial score (nSPS) is 15.0. The van der Waals surface area contributed by atoms with Crippen LogP contribution >= 0.6 is 0 Å². The molecule has 2 aromatic rings. The molecule has 1 fully saturated rings. The van der Waals surface area contributed by atoms with Crippen molar-refractivity contribution < 1.29 is 4.74 Å². The molecule has 0 unspecified atom stereocenters. The first-order valence-electron chi connectivity index (χ1n) is 11.2. The lowest BCUT2D eigenvalue weighted by Gasteiger charge is -2.22. The van der Waals surface area contributed by atoms with E-state index in [1.165, 1.54) is 80.9 Å². The molecule has 0 saturated heterocycles. The molecular formula is C26H36O. The summed E-state index contributed by atoms with van der Waals surface area (Å²) in [4.78, 5) is 0. The Hall–Kier alpha value is -1.76. The minimum absolute atomic E-state index is 0.783. The molecule has 0 bridgehead atoms. The van der Waals surface area contributed by atoms with Crippen LogP contribution in [0.2, 0.25) is 0 Å². The van der Waals surface area contributed by atoms with E-state index in [4.69, 9.17) is 4.74 Å². The predicted octanol–water partition coefficient (Wildman–Crippen LogP) is 8.14. The van der Waals surface area contributed by atoms with Gasteiger partial charge in [-0.05, 0) is 54.0 Å². The molecule has 0 aromatic heterocycles. The van der Waals surface area contributed by atoms with Crippen molar-refractivity contribution in [2.45, 2.75) is 83.5 Å². The van der Waals surface area contributed by atoms with Gasteiger partial charge < -0.3 is 4.74 Å². The first kappa shape index (κ1) is 20.0. The lowest BCUT2D eigenvalue weighted by Crippen LogP contribution is -2.04. The zero-order chi connectivity index (χ0) is 18.7. The second kappa shape index (κ2) is 11.2. The van der Waals surface area contributed by atoms with E-state index in [1.54, 1.807) is 0 Å². The molecule has 3 rings (SSSR count). The first-order valence-corrected chi connectivity index (χ1v) is 11.2. The SMILES string of the molecule is CCCCCCCCOc1ccc(-c2ccc(C3CCCCC3)cc2)cc1. The van der Waals surface area contributed by atoms with E-state index in [-0.39, 0.29) is 0 Å². The van der Waals surface area contributed by atoms with Crippen molar-refractivity contribution in [2.24, 2.45) is 0 Å². The molecule has 0 atom stereocenters. The third kappa shape index (κ3) is 6.41. The molecule has 0 radical (unpaired) electrons. The predicted molar refractivity (Wildman–Crippen MR) is 117 cm³/mol. The van der Waals surface area contributed by atoms with Crippen molar-refractivity contribution in [3.63, 3.8) is 0 Å². The summed E-state index contributed by atoms with van der Waals surface area (Å²) in [5.74, 6) is 1.77. The highest BCUT2D eigenvalue weighted by atomic mass is 16.5. The Balaban J connectivity index is 1.45. The molecule has 0 amide bonds. The fraction of sp³-hybridized carbons (Fsp3) is 0.538. The summed E-state index contributed by atoms with van der Waals surface area (Å²) in [7, 11) is 0. The average Bonchev–Trinajstić information content (AvgIpc) is 2.74. The third-order valence-electron chi connectivity index (χ3n) is 5.94. The van der Waals surface area contributed by atoms with Gasteiger partial charge in [-0.2, -0.15) is 0 Å². The first-order chi connectivity index (χ1) is 13.4. The van der Waals surface area contributed by atoms with Crippen molar-refractivity contribution >= 4 is 0 Å². The van der Waals surface area contributed by atoms with Crippen LogP contribution in [0, 0.1) is 0 Å². The smallest absolute Gasteiger partial charge is 0.119 e. The molecule has 2 aromatic carbocycles. The second-order valence-electron chi connectivity index (χ2n) is 8.10. The van der Waals surface area contributed by atoms with Crippen molar-refractivity contribution in [2.75, 3.05) is 6.61 Å². The Morgan fingerprint density at radius 2 is 1.30 bits per heavy atom. The monoisotopic (exact) mass is 364 g/mol. The molecule has 0 heterocycles. The van der Waals surface area contributed by atoms with Crippen LogP contribution in [0.15, 0.2) is 48.5 Å². The number of hydrogen-bond acceptors (Lipinski definition) is 1. The third-order valence-corrected chi connectivity index (χ3v) is 5.94. The molecule has 146 valence electrons. The fourth-order valence-corrected chi connectivity index (χ4v) is 4.20. The molecule has 1 aliphatic carbocycles. The van der Waals surface area contributed by atoms with Gasteiger partial charge in [-0.1, -0.05) is 94.7 Å². The Kier molecular flexibility index (Phi) is 8.27. The molecular weight excluding hydrogens is 328 g/mol. The molecule has 1 saturated carbocycles. The Morgan fingerprint density at radius 3 is 1.96 bits per heavy atom. The van der Waals surface area contributed by atoms with Gasteiger partial charge in [0.05, 0.1) is 6.61 Å². The lowest BCUT2D eigenvalue weighted by molar-refractivity contribution is 0.304. The minimum Gasteiger partial charge on any atom is -0.494 e. The summed E-state index contributed by atoms with van der Waals surface area (Å²) in [5.41, 5.74) is 4.10. The Labute approximate surface area is 166 Å². The van der Waals surface area contributed by atoms with Gasteiger partial charge in [0, 0.05) is 0 Å². The van der Waals surface area contributed by atoms with Crippen LogP contribution in [-0.4, -0.2) is 6.61 Å². The van der Waals surface area contributed by atoms with Crippen molar-refractivity contribution in [1.29, 1.82) is 0 Å². The number of ether oxygens (including phenoxy) is 1. The minimum atomic E-state index is 0.783. The fourth-order valence-electron chi connectivity index (χ4n) is 4.20. The molecule has 0 aliphatic heterocycles. The number of hydrogen-bond donors (Lipinski definition) is 0. The second-order valence-corrected chi connectivity index (χ2v) is 8.10. The Morgan fingerprint density at radius 1 is 0.704 bits per heavy atom. The summed E-state index contributed by atoms with van der Waals surface area (Å²) >= 11 is 0. The molecule has 1 aliphatic rings. The number of benzene rings is 2. The van der Waals surface area contributed by atoms with Gasteiger partial charge in [-0.15, -0.1) is 0 Å². The average molecular weight is 365 g/mol. The standard InChI is InChI=1S/C26H36O/c1-2-3-4-5-6-10-21-27-26-19-17-25(18-20-26)24-15-13-23(14-16-24)22-11-8-7-9-12-22/h13-20,22H,2-12,21H2,1H3. The van der Waals surface area contributed by atoms with Crippen molar-refractivity contribution in [3.8, 4) is 16.9 Å². The molecule has 1 heteroatoms. The van der Waals surface area contributed by atoms with E-state index < -0.39 is 0 Å². The summed E-state index contributed by atoms with van der Waals surface area (Å²) in [6.07, 6.45) is 14.8. The highest BCUT2D eigenvalue weighted by molar-refractivity contribution is 5.64. The quantitative estimate of drug-likeness (QED) is 0.386. The van der Waals surface area contributed by atoms with Gasteiger partial charge >= 0.3 is 0 Å². The van der Waals surface area contributed by atoms with E-state index >= 15 is 0 Å². The van der Waals surface area contributed by atoms with E-state index in [1.807, 2.05) is 0 Å². The summed E-state index contributed by atoms with van der Waals surface area (Å²) in [6, 6.07) is 17.9. The van der Waals surface area contributed by atoms with Crippen LogP contribution < -0.4 is 4.74 Å². The van der Waals surface area contributed by atoms with E-state index in [9.17, 15) is 0 Å². The van der Waals surface area contributed by atoms with E-state index in [0.29, 0.717) is 0 Å². The maximum Gasteiger partial charge on any atom is 0.119 e. The van der Waals surface area contributed by atoms with E-state index in [2.05, 4.69) is 55.5 Å². The Bertz CT molecular complexity index is 635. The van der Waals surface area contributed by atoms with Gasteiger partial charge in [0.15, 0.2) is 0 Å². The van der Waals surface area contributed by atoms with Gasteiger partial charge in [-0.3, -0.25) is 0 Å². The van der Waals surface area contributed by atoms with Crippen LogP contribution in [0.25, 0.3) is 11.1 Å². The maximum absolute atomic E-state index is 5.90. The van der Waals surface area contributed by atoms with Crippen molar-refractivity contribution in [3.05, 3.63) is 54.1 Å². The zero-order valence-corrected chi connectivity index (χ0v) is 17.1. The molecule has 0 spiro atoms. The largest absolute Gasteiger partial charge is 0.494 e. The highest BCUT2D eigenvalue weighted by Crippen LogP contribution is 2.33. The van der Waals surface area contributed by atoms with Gasteiger partial charge in [0.25, 0.3) is 0 Å². The van der Waals surface area contributed by atoms with Crippen LogP contribution in [0.5, 0.6) is 5.75 Å². The summed E-state index contributed by atoms with van der Waals surface area (Å²) < 4.78 is 5.90. The zero-order valence-electron chi connectivity index (χ0n) is 17.1. The van der Waals surface area contributed by atoms with Gasteiger partial charge in [0.1, 0.15) is 5.75 Å². The summed E-state index contributed by atoms with van der Waals surface area (Å²) in [5, 5.41) is 0. The van der Waals surface area contributed by atoms with Crippen LogP contribution in [0.3, 0.4) is 0 Å². The van der Waals surface area contributed by atoms with Crippen molar-refractivity contribution in [1.82, 2.24) is 0 Å². The highest BCUT2D eigenvalue weighted by Gasteiger charge is 2.15. The van der Waals surface area contributed by atoms with Crippen LogP contribution in [-0.2, 0) is 0 Å². The van der Waals surface area contributed by atoms with Crippen LogP contribution in [0.1, 0.15) is 89.0 Å². The maximum atomic E-state index is 5.90. The topological polar surface area (TPSA) is 9.23 Å². The molecule has 27 heavy (non-hydrogen) atoms. The van der Waals surface area contributed by atoms with Gasteiger partial charge in [-0.25, -0.2) is 0 Å². The summed E-state index contributed by atoms with van der Waals surface area (Å²) in [6.45, 7) is 3.10. The van der Waals surface area contributed by atoms with E-state index in [0.717, 1.165) is 24.7 Å². The lowest BCUT2D eigenvalue weighted by atomic mass is 9.84.